The van der Waals surface area contributed by atoms with Crippen LogP contribution in [0, 0.1) is 0 Å². The van der Waals surface area contributed by atoms with Crippen molar-refractivity contribution in [3.63, 3.8) is 0 Å². The molecule has 0 unspecified atom stereocenters. The van der Waals surface area contributed by atoms with Crippen LogP contribution in [-0.2, 0) is 4.74 Å². The van der Waals surface area contributed by atoms with E-state index in [4.69, 9.17) is 16.3 Å². The Morgan fingerprint density at radius 2 is 2.18 bits per heavy atom. The molecule has 1 aromatic rings. The highest BCUT2D eigenvalue weighted by Crippen LogP contribution is 2.16. The number of hydrogen-bond donors (Lipinski definition) is 1. The first kappa shape index (κ1) is 12.4. The van der Waals surface area contributed by atoms with Gasteiger partial charge in [0.25, 0.3) is 5.91 Å². The molecule has 4 heteroatoms. The second kappa shape index (κ2) is 5.52. The Morgan fingerprint density at radius 3 is 2.76 bits per heavy atom. The predicted octanol–water partition coefficient (Wildman–Crippen LogP) is 2.64. The molecule has 1 saturated heterocycles. The normalized spacial score (nSPS) is 21.2. The van der Waals surface area contributed by atoms with Gasteiger partial charge in [-0.2, -0.15) is 0 Å². The Bertz CT molecular complexity index is 385. The molecule has 1 fully saturated rings. The minimum Gasteiger partial charge on any atom is -0.376 e. The number of halogens is 1. The van der Waals surface area contributed by atoms with E-state index >= 15 is 0 Å². The summed E-state index contributed by atoms with van der Waals surface area (Å²) in [5.41, 5.74) is 0.624. The lowest BCUT2D eigenvalue weighted by molar-refractivity contribution is 0.0712. The zero-order chi connectivity index (χ0) is 12.3. The summed E-state index contributed by atoms with van der Waals surface area (Å²) < 4.78 is 5.53. The van der Waals surface area contributed by atoms with Gasteiger partial charge in [-0.15, -0.1) is 0 Å². The van der Waals surface area contributed by atoms with Gasteiger partial charge in [-0.05, 0) is 44.0 Å². The van der Waals surface area contributed by atoms with Gasteiger partial charge < -0.3 is 10.1 Å². The molecule has 3 nitrogen and oxygen atoms in total. The Balaban J connectivity index is 1.94. The maximum Gasteiger partial charge on any atom is 0.251 e. The average Bonchev–Trinajstić information content (AvgIpc) is 2.83. The Hall–Kier alpha value is -1.06. The average molecular weight is 254 g/mol. The van der Waals surface area contributed by atoms with Gasteiger partial charge in [-0.25, -0.2) is 0 Å². The van der Waals surface area contributed by atoms with Crippen LogP contribution < -0.4 is 5.32 Å². The third-order valence-corrected chi connectivity index (χ3v) is 3.24. The first-order valence-electron chi connectivity index (χ1n) is 5.85. The molecule has 1 aliphatic heterocycles. The number of ether oxygens (including phenoxy) is 1. The lowest BCUT2D eigenvalue weighted by Gasteiger charge is -2.19. The van der Waals surface area contributed by atoms with Crippen molar-refractivity contribution in [1.82, 2.24) is 5.32 Å². The van der Waals surface area contributed by atoms with Gasteiger partial charge >= 0.3 is 0 Å². The highest BCUT2D eigenvalue weighted by molar-refractivity contribution is 6.30. The molecule has 2 rings (SSSR count). The summed E-state index contributed by atoms with van der Waals surface area (Å²) in [5.74, 6) is -0.0790. The monoisotopic (exact) mass is 253 g/mol. The summed E-state index contributed by atoms with van der Waals surface area (Å²) >= 11 is 5.77. The minimum atomic E-state index is -0.0790. The second-order valence-electron chi connectivity index (χ2n) is 4.32. The maximum atomic E-state index is 11.9. The van der Waals surface area contributed by atoms with Crippen molar-refractivity contribution in [1.29, 1.82) is 0 Å². The van der Waals surface area contributed by atoms with E-state index in [1.54, 1.807) is 24.3 Å². The molecule has 0 saturated carbocycles. The fraction of sp³-hybridized carbons (Fsp3) is 0.462. The van der Waals surface area contributed by atoms with Crippen LogP contribution in [0.4, 0.5) is 0 Å². The number of benzene rings is 1. The van der Waals surface area contributed by atoms with Crippen LogP contribution in [0.15, 0.2) is 24.3 Å². The summed E-state index contributed by atoms with van der Waals surface area (Å²) in [4.78, 5) is 11.9. The third-order valence-electron chi connectivity index (χ3n) is 2.99. The van der Waals surface area contributed by atoms with Crippen molar-refractivity contribution >= 4 is 17.5 Å². The van der Waals surface area contributed by atoms with Crippen molar-refractivity contribution in [3.05, 3.63) is 34.9 Å². The van der Waals surface area contributed by atoms with Gasteiger partial charge in [0, 0.05) is 17.2 Å². The SMILES string of the molecule is C[C@@H](NC(=O)c1ccc(Cl)cc1)[C@@H]1CCCO1. The van der Waals surface area contributed by atoms with Gasteiger partial charge in [0.2, 0.25) is 0 Å². The Morgan fingerprint density at radius 1 is 1.47 bits per heavy atom. The van der Waals surface area contributed by atoms with E-state index in [-0.39, 0.29) is 18.1 Å². The summed E-state index contributed by atoms with van der Waals surface area (Å²) in [5, 5.41) is 3.58. The quantitative estimate of drug-likeness (QED) is 0.899. The molecule has 0 aromatic heterocycles. The molecule has 2 atom stereocenters. The summed E-state index contributed by atoms with van der Waals surface area (Å²) in [6.45, 7) is 2.77. The summed E-state index contributed by atoms with van der Waals surface area (Å²) in [6.07, 6.45) is 2.24. The molecule has 92 valence electrons. The fourth-order valence-electron chi connectivity index (χ4n) is 1.98. The first-order valence-corrected chi connectivity index (χ1v) is 6.22. The van der Waals surface area contributed by atoms with Crippen LogP contribution in [-0.4, -0.2) is 24.7 Å². The number of hydrogen-bond acceptors (Lipinski definition) is 2. The standard InChI is InChI=1S/C13H16ClNO2/c1-9(12-3-2-8-17-12)15-13(16)10-4-6-11(14)7-5-10/h4-7,9,12H,2-3,8H2,1H3,(H,15,16)/t9-,12+/m1/s1. The lowest BCUT2D eigenvalue weighted by atomic mass is 10.1. The van der Waals surface area contributed by atoms with Crippen LogP contribution in [0.3, 0.4) is 0 Å². The second-order valence-corrected chi connectivity index (χ2v) is 4.76. The number of rotatable bonds is 3. The molecule has 0 radical (unpaired) electrons. The van der Waals surface area contributed by atoms with Gasteiger partial charge in [0.15, 0.2) is 0 Å². The van der Waals surface area contributed by atoms with E-state index in [0.29, 0.717) is 10.6 Å². The number of carbonyl (C=O) groups is 1. The van der Waals surface area contributed by atoms with Crippen molar-refractivity contribution in [2.24, 2.45) is 0 Å². The Kier molecular flexibility index (Phi) is 4.02. The van der Waals surface area contributed by atoms with Gasteiger partial charge in [0.05, 0.1) is 12.1 Å². The first-order chi connectivity index (χ1) is 8.16. The van der Waals surface area contributed by atoms with Crippen LogP contribution in [0.25, 0.3) is 0 Å². The molecule has 0 spiro atoms. The highest BCUT2D eigenvalue weighted by atomic mass is 35.5. The maximum absolute atomic E-state index is 11.9. The smallest absolute Gasteiger partial charge is 0.251 e. The number of carbonyl (C=O) groups excluding carboxylic acids is 1. The lowest BCUT2D eigenvalue weighted by Crippen LogP contribution is -2.40. The van der Waals surface area contributed by atoms with Gasteiger partial charge in [-0.1, -0.05) is 11.6 Å². The molecule has 0 aliphatic carbocycles. The fourth-order valence-corrected chi connectivity index (χ4v) is 2.11. The van der Waals surface area contributed by atoms with Crippen LogP contribution in [0.1, 0.15) is 30.1 Å². The van der Waals surface area contributed by atoms with Crippen LogP contribution in [0.5, 0.6) is 0 Å². The third kappa shape index (κ3) is 3.20. The number of nitrogens with one attached hydrogen (secondary N) is 1. The molecule has 1 amide bonds. The minimum absolute atomic E-state index is 0.0423. The van der Waals surface area contributed by atoms with Crippen LogP contribution in [0.2, 0.25) is 5.02 Å². The van der Waals surface area contributed by atoms with Gasteiger partial charge in [0.1, 0.15) is 0 Å². The van der Waals surface area contributed by atoms with E-state index < -0.39 is 0 Å². The largest absolute Gasteiger partial charge is 0.376 e. The molecule has 1 N–H and O–H groups in total. The molecular weight excluding hydrogens is 238 g/mol. The van der Waals surface area contributed by atoms with Crippen molar-refractivity contribution in [2.75, 3.05) is 6.61 Å². The molecule has 0 bridgehead atoms. The van der Waals surface area contributed by atoms with E-state index in [1.165, 1.54) is 0 Å². The number of amides is 1. The molecular formula is C13H16ClNO2. The van der Waals surface area contributed by atoms with Crippen molar-refractivity contribution in [3.8, 4) is 0 Å². The topological polar surface area (TPSA) is 38.3 Å². The van der Waals surface area contributed by atoms with Crippen molar-refractivity contribution in [2.45, 2.75) is 31.9 Å². The van der Waals surface area contributed by atoms with E-state index in [0.717, 1.165) is 19.4 Å². The van der Waals surface area contributed by atoms with E-state index in [1.807, 2.05) is 6.92 Å². The zero-order valence-electron chi connectivity index (χ0n) is 9.78. The van der Waals surface area contributed by atoms with E-state index in [2.05, 4.69) is 5.32 Å². The van der Waals surface area contributed by atoms with Crippen LogP contribution >= 0.6 is 11.6 Å². The summed E-state index contributed by atoms with van der Waals surface area (Å²) in [6, 6.07) is 6.92. The highest BCUT2D eigenvalue weighted by Gasteiger charge is 2.23. The molecule has 1 heterocycles. The molecule has 1 aromatic carbocycles. The zero-order valence-corrected chi connectivity index (χ0v) is 10.5. The Labute approximate surface area is 106 Å². The van der Waals surface area contributed by atoms with Crippen molar-refractivity contribution < 1.29 is 9.53 Å². The van der Waals surface area contributed by atoms with E-state index in [9.17, 15) is 4.79 Å². The van der Waals surface area contributed by atoms with Gasteiger partial charge in [-0.3, -0.25) is 4.79 Å². The summed E-state index contributed by atoms with van der Waals surface area (Å²) in [7, 11) is 0. The molecule has 17 heavy (non-hydrogen) atoms. The predicted molar refractivity (Wildman–Crippen MR) is 67.4 cm³/mol. The molecule has 1 aliphatic rings.